The van der Waals surface area contributed by atoms with Crippen molar-refractivity contribution in [3.63, 3.8) is 0 Å². The Kier molecular flexibility index (Phi) is 6.13. The molecule has 0 fully saturated rings. The first-order chi connectivity index (χ1) is 15.2. The Labute approximate surface area is 180 Å². The molecule has 1 heterocycles. The molecule has 0 saturated heterocycles. The van der Waals surface area contributed by atoms with E-state index in [9.17, 15) is 9.59 Å². The van der Waals surface area contributed by atoms with Crippen molar-refractivity contribution >= 4 is 22.7 Å². The van der Waals surface area contributed by atoms with Gasteiger partial charge in [0.05, 0.1) is 5.56 Å². The van der Waals surface area contributed by atoms with Gasteiger partial charge >= 0.3 is 5.97 Å². The number of rotatable bonds is 8. The van der Waals surface area contributed by atoms with Gasteiger partial charge in [0.25, 0.3) is 0 Å². The van der Waals surface area contributed by atoms with E-state index in [-0.39, 0.29) is 12.4 Å². The van der Waals surface area contributed by atoms with Gasteiger partial charge in [-0.2, -0.15) is 0 Å². The molecule has 1 N–H and O–H groups in total. The van der Waals surface area contributed by atoms with E-state index >= 15 is 0 Å². The monoisotopic (exact) mass is 413 g/mol. The number of aryl methyl sites for hydroxylation is 1. The van der Waals surface area contributed by atoms with Gasteiger partial charge in [0.2, 0.25) is 5.78 Å². The molecule has 0 saturated carbocycles. The number of carbonyl (C=O) groups is 2. The van der Waals surface area contributed by atoms with Gasteiger partial charge in [0.15, 0.2) is 6.61 Å². The van der Waals surface area contributed by atoms with Gasteiger partial charge in [0, 0.05) is 22.7 Å². The zero-order valence-corrected chi connectivity index (χ0v) is 17.3. The van der Waals surface area contributed by atoms with Crippen LogP contribution in [0.25, 0.3) is 10.9 Å². The number of carbonyl (C=O) groups excluding carboxylic acids is 2. The lowest BCUT2D eigenvalue weighted by Gasteiger charge is -2.08. The number of aromatic nitrogens is 1. The molecule has 0 aliphatic carbocycles. The highest BCUT2D eigenvalue weighted by molar-refractivity contribution is 6.09. The standard InChI is InChI=1S/C26H23NO4/c1-2-19-9-6-10-22-23(15-27-25(19)22)24(28)17-31-26(29)20-11-13-21(14-12-20)30-16-18-7-4-3-5-8-18/h3-15,27H,2,16-17H2,1H3. The lowest BCUT2D eigenvalue weighted by Crippen LogP contribution is -2.14. The zero-order chi connectivity index (χ0) is 21.6. The van der Waals surface area contributed by atoms with Crippen molar-refractivity contribution < 1.29 is 19.1 Å². The molecule has 0 radical (unpaired) electrons. The minimum absolute atomic E-state index is 0.240. The second-order valence-electron chi connectivity index (χ2n) is 7.19. The Balaban J connectivity index is 1.35. The smallest absolute Gasteiger partial charge is 0.338 e. The fraction of sp³-hybridized carbons (Fsp3) is 0.154. The van der Waals surface area contributed by atoms with Gasteiger partial charge in [-0.1, -0.05) is 55.5 Å². The van der Waals surface area contributed by atoms with Gasteiger partial charge in [-0.05, 0) is 41.8 Å². The quantitative estimate of drug-likeness (QED) is 0.312. The molecule has 31 heavy (non-hydrogen) atoms. The molecule has 156 valence electrons. The largest absolute Gasteiger partial charge is 0.489 e. The minimum atomic E-state index is -0.544. The number of esters is 1. The van der Waals surface area contributed by atoms with Crippen LogP contribution in [0.15, 0.2) is 79.0 Å². The molecule has 4 rings (SSSR count). The number of ketones is 1. The van der Waals surface area contributed by atoms with Crippen LogP contribution in [-0.2, 0) is 17.8 Å². The predicted octanol–water partition coefficient (Wildman–Crippen LogP) is 5.35. The molecular weight excluding hydrogens is 390 g/mol. The average molecular weight is 413 g/mol. The Hall–Kier alpha value is -3.86. The maximum Gasteiger partial charge on any atom is 0.338 e. The second-order valence-corrected chi connectivity index (χ2v) is 7.19. The summed E-state index contributed by atoms with van der Waals surface area (Å²) >= 11 is 0. The third kappa shape index (κ3) is 4.67. The SMILES string of the molecule is CCc1cccc2c(C(=O)COC(=O)c3ccc(OCc4ccccc4)cc3)c[nH]c12. The van der Waals surface area contributed by atoms with Crippen LogP contribution in [0.4, 0.5) is 0 Å². The van der Waals surface area contributed by atoms with E-state index in [0.717, 1.165) is 28.5 Å². The number of H-pyrrole nitrogens is 1. The van der Waals surface area contributed by atoms with E-state index in [4.69, 9.17) is 9.47 Å². The van der Waals surface area contributed by atoms with Crippen LogP contribution in [0, 0.1) is 0 Å². The first-order valence-electron chi connectivity index (χ1n) is 10.2. The molecule has 0 aliphatic rings. The third-order valence-electron chi connectivity index (χ3n) is 5.16. The van der Waals surface area contributed by atoms with Crippen LogP contribution >= 0.6 is 0 Å². The number of hydrogen-bond donors (Lipinski definition) is 1. The Bertz CT molecular complexity index is 1190. The molecule has 0 unspecified atom stereocenters. The van der Waals surface area contributed by atoms with Crippen LogP contribution < -0.4 is 4.74 Å². The third-order valence-corrected chi connectivity index (χ3v) is 5.16. The summed E-state index contributed by atoms with van der Waals surface area (Å²) < 4.78 is 11.0. The van der Waals surface area contributed by atoms with E-state index in [0.29, 0.717) is 23.5 Å². The molecular formula is C26H23NO4. The van der Waals surface area contributed by atoms with Crippen LogP contribution in [0.3, 0.4) is 0 Å². The van der Waals surface area contributed by atoms with E-state index in [1.165, 1.54) is 0 Å². The van der Waals surface area contributed by atoms with E-state index in [1.54, 1.807) is 30.5 Å². The van der Waals surface area contributed by atoms with E-state index < -0.39 is 5.97 Å². The maximum absolute atomic E-state index is 12.6. The lowest BCUT2D eigenvalue weighted by molar-refractivity contribution is 0.0475. The molecule has 5 heteroatoms. The van der Waals surface area contributed by atoms with Crippen molar-refractivity contribution in [2.45, 2.75) is 20.0 Å². The lowest BCUT2D eigenvalue weighted by atomic mass is 10.1. The van der Waals surface area contributed by atoms with Crippen molar-refractivity contribution in [2.24, 2.45) is 0 Å². The van der Waals surface area contributed by atoms with E-state index in [2.05, 4.69) is 11.9 Å². The van der Waals surface area contributed by atoms with Crippen molar-refractivity contribution in [3.8, 4) is 5.75 Å². The summed E-state index contributed by atoms with van der Waals surface area (Å²) in [7, 11) is 0. The van der Waals surface area contributed by atoms with Gasteiger partial charge in [-0.25, -0.2) is 4.79 Å². The molecule has 0 spiro atoms. The number of aromatic amines is 1. The summed E-state index contributed by atoms with van der Waals surface area (Å²) in [4.78, 5) is 28.1. The molecule has 0 amide bonds. The number of ether oxygens (including phenoxy) is 2. The minimum Gasteiger partial charge on any atom is -0.489 e. The second kappa shape index (κ2) is 9.30. The van der Waals surface area contributed by atoms with Crippen molar-refractivity contribution in [3.05, 3.63) is 101 Å². The zero-order valence-electron chi connectivity index (χ0n) is 17.3. The highest BCUT2D eigenvalue weighted by Crippen LogP contribution is 2.23. The number of nitrogens with one attached hydrogen (secondary N) is 1. The number of hydrogen-bond acceptors (Lipinski definition) is 4. The van der Waals surface area contributed by atoms with Crippen molar-refractivity contribution in [2.75, 3.05) is 6.61 Å². The highest BCUT2D eigenvalue weighted by atomic mass is 16.5. The highest BCUT2D eigenvalue weighted by Gasteiger charge is 2.16. The van der Waals surface area contributed by atoms with Crippen LogP contribution in [-0.4, -0.2) is 23.3 Å². The molecule has 0 atom stereocenters. The number of para-hydroxylation sites is 1. The number of benzene rings is 3. The average Bonchev–Trinajstić information content (AvgIpc) is 3.26. The molecule has 5 nitrogen and oxygen atoms in total. The van der Waals surface area contributed by atoms with Gasteiger partial charge < -0.3 is 14.5 Å². The summed E-state index contributed by atoms with van der Waals surface area (Å²) in [5, 5.41) is 0.848. The summed E-state index contributed by atoms with van der Waals surface area (Å²) in [5.74, 6) is -0.130. The summed E-state index contributed by atoms with van der Waals surface area (Å²) in [6, 6.07) is 22.4. The Morgan fingerprint density at radius 1 is 0.903 bits per heavy atom. The number of fused-ring (bicyclic) bond motifs is 1. The Morgan fingerprint density at radius 2 is 1.68 bits per heavy atom. The fourth-order valence-electron chi connectivity index (χ4n) is 3.46. The molecule has 0 aliphatic heterocycles. The van der Waals surface area contributed by atoms with Crippen molar-refractivity contribution in [1.29, 1.82) is 0 Å². The van der Waals surface area contributed by atoms with Crippen LogP contribution in [0.5, 0.6) is 5.75 Å². The summed E-state index contributed by atoms with van der Waals surface area (Å²) in [6.07, 6.45) is 2.55. The summed E-state index contributed by atoms with van der Waals surface area (Å²) in [5.41, 5.74) is 4.05. The van der Waals surface area contributed by atoms with Crippen LogP contribution in [0.1, 0.15) is 38.8 Å². The molecule has 3 aromatic carbocycles. The van der Waals surface area contributed by atoms with E-state index in [1.807, 2.05) is 48.5 Å². The topological polar surface area (TPSA) is 68.4 Å². The first-order valence-corrected chi connectivity index (χ1v) is 10.2. The summed E-state index contributed by atoms with van der Waals surface area (Å²) in [6.45, 7) is 2.20. The van der Waals surface area contributed by atoms with Gasteiger partial charge in [0.1, 0.15) is 12.4 Å². The maximum atomic E-state index is 12.6. The molecule has 4 aromatic rings. The van der Waals surface area contributed by atoms with Crippen LogP contribution in [0.2, 0.25) is 0 Å². The predicted molar refractivity (Wildman–Crippen MR) is 120 cm³/mol. The normalized spacial score (nSPS) is 10.7. The van der Waals surface area contributed by atoms with Crippen molar-refractivity contribution in [1.82, 2.24) is 4.98 Å². The Morgan fingerprint density at radius 3 is 2.42 bits per heavy atom. The molecule has 0 bridgehead atoms. The van der Waals surface area contributed by atoms with Gasteiger partial charge in [-0.15, -0.1) is 0 Å². The first kappa shape index (κ1) is 20.4. The number of Topliss-reactive ketones (excluding diaryl/α,β-unsaturated/α-hetero) is 1. The van der Waals surface area contributed by atoms with Gasteiger partial charge in [-0.3, -0.25) is 4.79 Å². The molecule has 1 aromatic heterocycles. The fourth-order valence-corrected chi connectivity index (χ4v) is 3.46.